The molecule has 0 aromatic carbocycles. The highest BCUT2D eigenvalue weighted by Gasteiger charge is 2.60. The van der Waals surface area contributed by atoms with Gasteiger partial charge in [-0.1, -0.05) is 13.8 Å². The van der Waals surface area contributed by atoms with Crippen LogP contribution in [0, 0.1) is 34.5 Å². The molecule has 1 aromatic heterocycles. The molecule has 1 N–H and O–H groups in total. The molecule has 3 saturated carbocycles. The first kappa shape index (κ1) is 18.9. The number of hydrogen-bond acceptors (Lipinski definition) is 3. The van der Waals surface area contributed by atoms with Crippen LogP contribution in [0.2, 0.25) is 0 Å². The SMILES string of the molecule is C[C@]12Cc3[nH]ncc3C[C@@H]1CC[C@@H]1[C@@H]2CC[C@]2(C)[C@@H](OC3CCCCO3)CC[C@@H]12. The average molecular weight is 399 g/mol. The van der Waals surface area contributed by atoms with Crippen molar-refractivity contribution < 1.29 is 9.47 Å². The summed E-state index contributed by atoms with van der Waals surface area (Å²) in [5, 5.41) is 7.71. The average Bonchev–Trinajstić information content (AvgIpc) is 3.30. The summed E-state index contributed by atoms with van der Waals surface area (Å²) in [5.74, 6) is 3.46. The van der Waals surface area contributed by atoms with E-state index in [-0.39, 0.29) is 6.29 Å². The molecule has 160 valence electrons. The van der Waals surface area contributed by atoms with Gasteiger partial charge in [0.2, 0.25) is 0 Å². The summed E-state index contributed by atoms with van der Waals surface area (Å²) >= 11 is 0. The number of aromatic nitrogens is 2. The van der Waals surface area contributed by atoms with Crippen molar-refractivity contribution in [3.8, 4) is 0 Å². The normalized spacial score (nSPS) is 49.0. The second kappa shape index (κ2) is 6.82. The third-order valence-corrected chi connectivity index (χ3v) is 10.3. The van der Waals surface area contributed by atoms with Crippen molar-refractivity contribution in [1.82, 2.24) is 10.2 Å². The Balaban J connectivity index is 1.23. The number of rotatable bonds is 2. The van der Waals surface area contributed by atoms with E-state index in [2.05, 4.69) is 30.2 Å². The molecule has 6 rings (SSSR count). The second-order valence-electron chi connectivity index (χ2n) is 11.5. The summed E-state index contributed by atoms with van der Waals surface area (Å²) in [6, 6.07) is 0. The third kappa shape index (κ3) is 2.81. The van der Waals surface area contributed by atoms with Crippen LogP contribution in [0.15, 0.2) is 6.20 Å². The van der Waals surface area contributed by atoms with Crippen molar-refractivity contribution in [3.05, 3.63) is 17.5 Å². The van der Waals surface area contributed by atoms with Gasteiger partial charge in [0.25, 0.3) is 0 Å². The lowest BCUT2D eigenvalue weighted by Gasteiger charge is -2.60. The zero-order valence-corrected chi connectivity index (χ0v) is 18.3. The van der Waals surface area contributed by atoms with Gasteiger partial charge < -0.3 is 9.47 Å². The number of nitrogens with one attached hydrogen (secondary N) is 1. The standard InChI is InChI=1S/C25H38N2O2/c1-24-11-10-20-18(19(24)8-9-22(24)29-23-5-3-4-12-28-23)7-6-17-13-16-15-26-27-21(16)14-25(17,20)2/h15,17-20,22-23H,3-14H2,1-2H3,(H,26,27)/t17-,18-,19-,20-,22-,23?,24-,25-/m0/s1. The van der Waals surface area contributed by atoms with Crippen molar-refractivity contribution in [2.24, 2.45) is 34.5 Å². The topological polar surface area (TPSA) is 47.1 Å². The van der Waals surface area contributed by atoms with E-state index in [1.54, 1.807) is 0 Å². The first-order valence-corrected chi connectivity index (χ1v) is 12.4. The van der Waals surface area contributed by atoms with E-state index in [0.717, 1.165) is 36.7 Å². The Kier molecular flexibility index (Phi) is 4.43. The minimum atomic E-state index is 0.0624. The summed E-state index contributed by atoms with van der Waals surface area (Å²) in [4.78, 5) is 0. The van der Waals surface area contributed by atoms with Gasteiger partial charge in [-0.25, -0.2) is 0 Å². The Morgan fingerprint density at radius 1 is 1.03 bits per heavy atom. The van der Waals surface area contributed by atoms with E-state index in [1.807, 2.05) is 0 Å². The van der Waals surface area contributed by atoms with Crippen LogP contribution >= 0.6 is 0 Å². The van der Waals surface area contributed by atoms with E-state index in [1.165, 1.54) is 75.5 Å². The predicted octanol–water partition coefficient (Wildman–Crippen LogP) is 5.28. The van der Waals surface area contributed by atoms with E-state index in [4.69, 9.17) is 9.47 Å². The van der Waals surface area contributed by atoms with Crippen LogP contribution in [0.3, 0.4) is 0 Å². The molecule has 4 nitrogen and oxygen atoms in total. The molecule has 5 aliphatic rings. The maximum Gasteiger partial charge on any atom is 0.157 e. The van der Waals surface area contributed by atoms with Gasteiger partial charge in [-0.2, -0.15) is 5.10 Å². The quantitative estimate of drug-likeness (QED) is 0.737. The van der Waals surface area contributed by atoms with E-state index in [0.29, 0.717) is 16.9 Å². The summed E-state index contributed by atoms with van der Waals surface area (Å²) in [6.45, 7) is 6.08. The van der Waals surface area contributed by atoms with Crippen LogP contribution in [-0.2, 0) is 22.3 Å². The molecule has 1 unspecified atom stereocenters. The van der Waals surface area contributed by atoms with Crippen molar-refractivity contribution >= 4 is 0 Å². The maximum absolute atomic E-state index is 6.64. The largest absolute Gasteiger partial charge is 0.353 e. The fourth-order valence-corrected chi connectivity index (χ4v) is 8.64. The summed E-state index contributed by atoms with van der Waals surface area (Å²) in [7, 11) is 0. The molecular formula is C25H38N2O2. The molecule has 8 atom stereocenters. The lowest BCUT2D eigenvalue weighted by Crippen LogP contribution is -2.55. The number of nitrogens with zero attached hydrogens (tertiary/aromatic N) is 1. The molecule has 29 heavy (non-hydrogen) atoms. The van der Waals surface area contributed by atoms with E-state index in [9.17, 15) is 0 Å². The smallest absolute Gasteiger partial charge is 0.157 e. The van der Waals surface area contributed by atoms with Gasteiger partial charge in [-0.15, -0.1) is 0 Å². The van der Waals surface area contributed by atoms with Crippen LogP contribution in [-0.4, -0.2) is 29.2 Å². The van der Waals surface area contributed by atoms with Gasteiger partial charge >= 0.3 is 0 Å². The fraction of sp³-hybridized carbons (Fsp3) is 0.880. The number of aromatic amines is 1. The Hall–Kier alpha value is -0.870. The zero-order chi connectivity index (χ0) is 19.6. The van der Waals surface area contributed by atoms with Crippen molar-refractivity contribution in [2.45, 2.75) is 96.9 Å². The van der Waals surface area contributed by atoms with Crippen molar-refractivity contribution in [2.75, 3.05) is 6.61 Å². The number of hydrogen-bond donors (Lipinski definition) is 1. The number of fused-ring (bicyclic) bond motifs is 6. The highest BCUT2D eigenvalue weighted by Crippen LogP contribution is 2.66. The van der Waals surface area contributed by atoms with Crippen LogP contribution in [0.5, 0.6) is 0 Å². The first-order chi connectivity index (χ1) is 14.1. The number of ether oxygens (including phenoxy) is 2. The predicted molar refractivity (Wildman–Crippen MR) is 112 cm³/mol. The minimum absolute atomic E-state index is 0.0624. The molecule has 1 aliphatic heterocycles. The van der Waals surface area contributed by atoms with Crippen LogP contribution in [0.25, 0.3) is 0 Å². The molecular weight excluding hydrogens is 360 g/mol. The monoisotopic (exact) mass is 398 g/mol. The Morgan fingerprint density at radius 3 is 2.79 bits per heavy atom. The molecule has 1 aromatic rings. The van der Waals surface area contributed by atoms with Gasteiger partial charge in [-0.3, -0.25) is 5.10 Å². The lowest BCUT2D eigenvalue weighted by molar-refractivity contribution is -0.218. The minimum Gasteiger partial charge on any atom is -0.353 e. The van der Waals surface area contributed by atoms with E-state index >= 15 is 0 Å². The summed E-state index contributed by atoms with van der Waals surface area (Å²) in [6.07, 6.45) is 16.8. The molecule has 0 radical (unpaired) electrons. The van der Waals surface area contributed by atoms with Crippen molar-refractivity contribution in [1.29, 1.82) is 0 Å². The van der Waals surface area contributed by atoms with Gasteiger partial charge in [-0.05, 0) is 111 Å². The van der Waals surface area contributed by atoms with E-state index < -0.39 is 0 Å². The maximum atomic E-state index is 6.64. The van der Waals surface area contributed by atoms with Gasteiger partial charge in [0.05, 0.1) is 12.3 Å². The molecule has 2 heterocycles. The van der Waals surface area contributed by atoms with Crippen LogP contribution in [0.1, 0.15) is 82.9 Å². The Labute approximate surface area is 175 Å². The van der Waals surface area contributed by atoms with Gasteiger partial charge in [0, 0.05) is 12.3 Å². The van der Waals surface area contributed by atoms with Crippen molar-refractivity contribution in [3.63, 3.8) is 0 Å². The molecule has 4 fully saturated rings. The second-order valence-corrected chi connectivity index (χ2v) is 11.5. The first-order valence-electron chi connectivity index (χ1n) is 12.4. The fourth-order valence-electron chi connectivity index (χ4n) is 8.64. The summed E-state index contributed by atoms with van der Waals surface area (Å²) in [5.41, 5.74) is 3.74. The Bertz CT molecular complexity index is 756. The van der Waals surface area contributed by atoms with Crippen LogP contribution < -0.4 is 0 Å². The molecule has 0 bridgehead atoms. The zero-order valence-electron chi connectivity index (χ0n) is 18.3. The Morgan fingerprint density at radius 2 is 1.93 bits per heavy atom. The molecule has 1 saturated heterocycles. The summed E-state index contributed by atoms with van der Waals surface area (Å²) < 4.78 is 12.6. The number of H-pyrrole nitrogens is 1. The molecule has 4 aliphatic carbocycles. The van der Waals surface area contributed by atoms with Gasteiger partial charge in [0.1, 0.15) is 0 Å². The highest BCUT2D eigenvalue weighted by atomic mass is 16.7. The molecule has 4 heteroatoms. The third-order valence-electron chi connectivity index (χ3n) is 10.3. The van der Waals surface area contributed by atoms with Crippen LogP contribution in [0.4, 0.5) is 0 Å². The highest BCUT2D eigenvalue weighted by molar-refractivity contribution is 5.25. The molecule has 0 spiro atoms. The van der Waals surface area contributed by atoms with Gasteiger partial charge in [0.15, 0.2) is 6.29 Å². The lowest BCUT2D eigenvalue weighted by atomic mass is 9.45. The molecule has 0 amide bonds.